The normalized spacial score (nSPS) is 15.1. The fraction of sp³-hybridized carbons (Fsp3) is 0.727. The lowest BCUT2D eigenvalue weighted by atomic mass is 9.96. The third-order valence-corrected chi connectivity index (χ3v) is 4.99. The molecule has 116 valence electrons. The van der Waals surface area contributed by atoms with Crippen molar-refractivity contribution >= 4 is 39.3 Å². The Kier molecular flexibility index (Phi) is 8.86. The molecule has 2 atom stereocenters. The molecular formula is C11H20N2O5S2. The molecule has 20 heavy (non-hydrogen) atoms. The van der Waals surface area contributed by atoms with E-state index in [9.17, 15) is 14.4 Å². The lowest BCUT2D eigenvalue weighted by Crippen LogP contribution is -2.57. The highest BCUT2D eigenvalue weighted by Gasteiger charge is 2.41. The molecule has 9 heteroatoms. The van der Waals surface area contributed by atoms with Crippen molar-refractivity contribution in [3.8, 4) is 0 Å². The predicted molar refractivity (Wildman–Crippen MR) is 79.1 cm³/mol. The Morgan fingerprint density at radius 1 is 1.20 bits per heavy atom. The number of hydrogen-bond acceptors (Lipinski definition) is 9. The molecule has 0 rings (SSSR count). The number of carbonyl (C=O) groups is 3. The first-order chi connectivity index (χ1) is 9.33. The van der Waals surface area contributed by atoms with Gasteiger partial charge in [-0.15, -0.1) is 0 Å². The van der Waals surface area contributed by atoms with Crippen molar-refractivity contribution in [3.05, 3.63) is 0 Å². The first-order valence-corrected chi connectivity index (χ1v) is 8.30. The lowest BCUT2D eigenvalue weighted by molar-refractivity contribution is -0.150. The van der Waals surface area contributed by atoms with Gasteiger partial charge >= 0.3 is 11.9 Å². The van der Waals surface area contributed by atoms with Crippen LogP contribution in [0.1, 0.15) is 13.3 Å². The number of ketones is 1. The van der Waals surface area contributed by atoms with Gasteiger partial charge in [0.05, 0.1) is 14.2 Å². The van der Waals surface area contributed by atoms with E-state index in [1.165, 1.54) is 35.8 Å². The van der Waals surface area contributed by atoms with Crippen LogP contribution in [0.15, 0.2) is 0 Å². The van der Waals surface area contributed by atoms with E-state index in [-0.39, 0.29) is 17.9 Å². The molecule has 0 aromatic heterocycles. The molecule has 0 aromatic rings. The molecule has 0 radical (unpaired) electrons. The molecule has 0 aromatic carbocycles. The average Bonchev–Trinajstić information content (AvgIpc) is 2.47. The van der Waals surface area contributed by atoms with Crippen LogP contribution in [0.3, 0.4) is 0 Å². The van der Waals surface area contributed by atoms with E-state index in [4.69, 9.17) is 11.5 Å². The third-order valence-electron chi connectivity index (χ3n) is 2.49. The number of esters is 2. The maximum atomic E-state index is 11.8. The molecule has 4 N–H and O–H groups in total. The van der Waals surface area contributed by atoms with Crippen LogP contribution in [0.5, 0.6) is 0 Å². The van der Waals surface area contributed by atoms with Crippen molar-refractivity contribution in [2.75, 3.05) is 25.7 Å². The minimum atomic E-state index is -1.67. The van der Waals surface area contributed by atoms with E-state index < -0.39 is 29.3 Å². The van der Waals surface area contributed by atoms with Crippen LogP contribution in [0.2, 0.25) is 0 Å². The van der Waals surface area contributed by atoms with Gasteiger partial charge in [-0.05, 0) is 0 Å². The second-order valence-electron chi connectivity index (χ2n) is 3.92. The number of ether oxygens (including phenoxy) is 2. The highest BCUT2D eigenvalue weighted by Crippen LogP contribution is 2.27. The second kappa shape index (κ2) is 9.22. The summed E-state index contributed by atoms with van der Waals surface area (Å²) in [6, 6.07) is -0.760. The molecule has 0 bridgehead atoms. The molecule has 0 saturated carbocycles. The van der Waals surface area contributed by atoms with E-state index in [2.05, 4.69) is 9.47 Å². The van der Waals surface area contributed by atoms with Crippen molar-refractivity contribution in [1.29, 1.82) is 0 Å². The summed E-state index contributed by atoms with van der Waals surface area (Å²) in [5.74, 6) is -1.35. The zero-order chi connectivity index (χ0) is 15.8. The molecule has 0 aliphatic carbocycles. The van der Waals surface area contributed by atoms with Crippen LogP contribution >= 0.6 is 21.6 Å². The number of hydrogen-bond donors (Lipinski definition) is 2. The van der Waals surface area contributed by atoms with Gasteiger partial charge in [-0.25, -0.2) is 4.79 Å². The van der Waals surface area contributed by atoms with Gasteiger partial charge in [0.25, 0.3) is 0 Å². The third kappa shape index (κ3) is 5.31. The Morgan fingerprint density at radius 3 is 2.25 bits per heavy atom. The SMILES string of the molecule is CCC(=O)[C@](N)(CSSC[C@H](N)C(=O)OC)C(=O)OC. The molecule has 0 unspecified atom stereocenters. The van der Waals surface area contributed by atoms with E-state index >= 15 is 0 Å². The van der Waals surface area contributed by atoms with Crippen molar-refractivity contribution in [2.45, 2.75) is 24.9 Å². The Labute approximate surface area is 125 Å². The molecule has 0 aliphatic rings. The maximum absolute atomic E-state index is 11.8. The molecular weight excluding hydrogens is 304 g/mol. The van der Waals surface area contributed by atoms with Gasteiger partial charge in [0.1, 0.15) is 6.04 Å². The first-order valence-electron chi connectivity index (χ1n) is 5.81. The minimum absolute atomic E-state index is 0.0465. The van der Waals surface area contributed by atoms with Gasteiger partial charge in [-0.3, -0.25) is 9.59 Å². The number of methoxy groups -OCH3 is 2. The molecule has 0 heterocycles. The Morgan fingerprint density at radius 2 is 1.80 bits per heavy atom. The van der Waals surface area contributed by atoms with Crippen LogP contribution in [0, 0.1) is 0 Å². The molecule has 7 nitrogen and oxygen atoms in total. The van der Waals surface area contributed by atoms with Crippen molar-refractivity contribution in [1.82, 2.24) is 0 Å². The molecule has 0 amide bonds. The first kappa shape index (κ1) is 19.2. The van der Waals surface area contributed by atoms with Crippen molar-refractivity contribution in [3.63, 3.8) is 0 Å². The summed E-state index contributed by atoms with van der Waals surface area (Å²) < 4.78 is 9.05. The average molecular weight is 324 g/mol. The Hall–Kier alpha value is -0.770. The topological polar surface area (TPSA) is 122 Å². The zero-order valence-electron chi connectivity index (χ0n) is 11.7. The summed E-state index contributed by atoms with van der Waals surface area (Å²) in [7, 11) is 4.86. The largest absolute Gasteiger partial charge is 0.468 e. The highest BCUT2D eigenvalue weighted by atomic mass is 33.1. The summed E-state index contributed by atoms with van der Waals surface area (Å²) in [6.45, 7) is 1.62. The second-order valence-corrected chi connectivity index (χ2v) is 6.42. The minimum Gasteiger partial charge on any atom is -0.468 e. The predicted octanol–water partition coefficient (Wildman–Crippen LogP) is -0.282. The fourth-order valence-corrected chi connectivity index (χ4v) is 3.69. The van der Waals surface area contributed by atoms with Crippen LogP contribution in [-0.2, 0) is 23.9 Å². The quantitative estimate of drug-likeness (QED) is 0.255. The monoisotopic (exact) mass is 324 g/mol. The van der Waals surface area contributed by atoms with Gasteiger partial charge in [0.15, 0.2) is 11.3 Å². The van der Waals surface area contributed by atoms with Gasteiger partial charge in [0.2, 0.25) is 0 Å². The summed E-state index contributed by atoms with van der Waals surface area (Å²) >= 11 is 0. The summed E-state index contributed by atoms with van der Waals surface area (Å²) in [5, 5.41) is 0. The van der Waals surface area contributed by atoms with Gasteiger partial charge in [-0.2, -0.15) is 0 Å². The Bertz CT molecular complexity index is 349. The van der Waals surface area contributed by atoms with Gasteiger partial charge in [0, 0.05) is 17.9 Å². The number of carbonyl (C=O) groups excluding carboxylic acids is 3. The number of rotatable bonds is 9. The van der Waals surface area contributed by atoms with E-state index in [0.29, 0.717) is 0 Å². The van der Waals surface area contributed by atoms with Gasteiger partial charge in [-0.1, -0.05) is 28.5 Å². The lowest BCUT2D eigenvalue weighted by Gasteiger charge is -2.23. The van der Waals surface area contributed by atoms with E-state index in [0.717, 1.165) is 0 Å². The van der Waals surface area contributed by atoms with Gasteiger partial charge < -0.3 is 20.9 Å². The zero-order valence-corrected chi connectivity index (χ0v) is 13.3. The van der Waals surface area contributed by atoms with E-state index in [1.807, 2.05) is 0 Å². The molecule has 0 aliphatic heterocycles. The standard InChI is InChI=1S/C11H20N2O5S2/c1-4-8(14)11(13,10(16)18-3)6-20-19-5-7(12)9(15)17-2/h7H,4-6,12-13H2,1-3H3/t7-,11+/m0/s1. The molecule has 0 fully saturated rings. The van der Waals surface area contributed by atoms with Crippen molar-refractivity contribution < 1.29 is 23.9 Å². The van der Waals surface area contributed by atoms with E-state index in [1.54, 1.807) is 6.92 Å². The smallest absolute Gasteiger partial charge is 0.334 e. The van der Waals surface area contributed by atoms with Crippen LogP contribution in [0.4, 0.5) is 0 Å². The summed E-state index contributed by atoms with van der Waals surface area (Å²) in [4.78, 5) is 34.5. The fourth-order valence-electron chi connectivity index (χ4n) is 1.23. The van der Waals surface area contributed by atoms with Crippen LogP contribution < -0.4 is 11.5 Å². The highest BCUT2D eigenvalue weighted by molar-refractivity contribution is 8.76. The van der Waals surface area contributed by atoms with Crippen LogP contribution in [0.25, 0.3) is 0 Å². The molecule has 0 saturated heterocycles. The number of Topliss-reactive ketones (excluding diaryl/α,β-unsaturated/α-hetero) is 1. The van der Waals surface area contributed by atoms with Crippen molar-refractivity contribution in [2.24, 2.45) is 11.5 Å². The number of nitrogens with two attached hydrogens (primary N) is 2. The molecule has 0 spiro atoms. The summed E-state index contributed by atoms with van der Waals surface area (Å²) in [5.41, 5.74) is 9.71. The van der Waals surface area contributed by atoms with Crippen LogP contribution in [-0.4, -0.2) is 55.0 Å². The maximum Gasteiger partial charge on any atom is 0.334 e. The Balaban J connectivity index is 4.40. The summed E-state index contributed by atoms with van der Waals surface area (Å²) in [6.07, 6.45) is 0.137.